The lowest BCUT2D eigenvalue weighted by atomic mass is 10.1. The second-order valence-electron chi connectivity index (χ2n) is 2.66. The van der Waals surface area contributed by atoms with Crippen LogP contribution in [0.5, 0.6) is 0 Å². The van der Waals surface area contributed by atoms with Crippen molar-refractivity contribution in [2.24, 2.45) is 0 Å². The summed E-state index contributed by atoms with van der Waals surface area (Å²) in [6.45, 7) is 1.97. The number of aldehydes is 1. The summed E-state index contributed by atoms with van der Waals surface area (Å²) in [7, 11) is 0. The molecule has 0 heterocycles. The summed E-state index contributed by atoms with van der Waals surface area (Å²) < 4.78 is -0.00106. The van der Waals surface area contributed by atoms with E-state index in [4.69, 9.17) is 23.2 Å². The first-order valence-electron chi connectivity index (χ1n) is 3.72. The number of allylic oxidation sites excluding steroid dienone is 1. The molecule has 0 atom stereocenters. The van der Waals surface area contributed by atoms with Crippen LogP contribution in [0.15, 0.2) is 28.8 Å². The first-order valence-corrected chi connectivity index (χ1v) is 4.48. The lowest BCUT2D eigenvalue weighted by Crippen LogP contribution is -1.86. The number of hydrogen-bond donors (Lipinski definition) is 0. The van der Waals surface area contributed by atoms with Gasteiger partial charge in [0.15, 0.2) is 6.29 Å². The minimum atomic E-state index is -0.00106. The van der Waals surface area contributed by atoms with E-state index in [1.165, 1.54) is 0 Å². The highest BCUT2D eigenvalue weighted by Gasteiger charge is 2.03. The fourth-order valence-electron chi connectivity index (χ4n) is 0.955. The van der Waals surface area contributed by atoms with Crippen molar-refractivity contribution in [2.75, 3.05) is 0 Å². The third-order valence-electron chi connectivity index (χ3n) is 1.68. The number of rotatable bonds is 2. The molecular weight excluding hydrogens is 207 g/mol. The van der Waals surface area contributed by atoms with Crippen molar-refractivity contribution in [3.63, 3.8) is 0 Å². The van der Waals surface area contributed by atoms with Crippen molar-refractivity contribution in [1.82, 2.24) is 0 Å². The van der Waals surface area contributed by atoms with Gasteiger partial charge in [0.05, 0.1) is 5.57 Å². The van der Waals surface area contributed by atoms with Crippen molar-refractivity contribution in [3.05, 3.63) is 39.9 Å². The fraction of sp³-hybridized carbons (Fsp3) is 0.100. The molecule has 0 aromatic heterocycles. The van der Waals surface area contributed by atoms with E-state index in [1.54, 1.807) is 0 Å². The molecule has 0 saturated heterocycles. The first kappa shape index (κ1) is 10.3. The van der Waals surface area contributed by atoms with Crippen LogP contribution in [0.3, 0.4) is 0 Å². The first-order chi connectivity index (χ1) is 6.15. The van der Waals surface area contributed by atoms with Crippen LogP contribution in [0, 0.1) is 6.92 Å². The molecule has 1 aromatic carbocycles. The zero-order chi connectivity index (χ0) is 9.84. The molecule has 0 bridgehead atoms. The molecule has 0 aliphatic rings. The Morgan fingerprint density at radius 2 is 1.77 bits per heavy atom. The van der Waals surface area contributed by atoms with Gasteiger partial charge in [-0.2, -0.15) is 0 Å². The molecule has 68 valence electrons. The zero-order valence-corrected chi connectivity index (χ0v) is 8.56. The number of aryl methyl sites for hydroxylation is 1. The molecule has 0 spiro atoms. The monoisotopic (exact) mass is 214 g/mol. The molecule has 0 fully saturated rings. The Labute approximate surface area is 87.0 Å². The van der Waals surface area contributed by atoms with Crippen molar-refractivity contribution < 1.29 is 4.79 Å². The van der Waals surface area contributed by atoms with E-state index in [9.17, 15) is 4.79 Å². The fourth-order valence-corrected chi connectivity index (χ4v) is 1.26. The summed E-state index contributed by atoms with van der Waals surface area (Å²) in [5.41, 5.74) is 2.18. The number of halogens is 2. The van der Waals surface area contributed by atoms with E-state index in [0.717, 1.165) is 11.1 Å². The largest absolute Gasteiger partial charge is 0.298 e. The van der Waals surface area contributed by atoms with Crippen LogP contribution in [-0.4, -0.2) is 6.29 Å². The zero-order valence-electron chi connectivity index (χ0n) is 7.05. The highest BCUT2D eigenvalue weighted by Crippen LogP contribution is 2.22. The lowest BCUT2D eigenvalue weighted by molar-refractivity contribution is -0.103. The highest BCUT2D eigenvalue weighted by atomic mass is 35.5. The topological polar surface area (TPSA) is 17.1 Å². The van der Waals surface area contributed by atoms with Gasteiger partial charge >= 0.3 is 0 Å². The predicted molar refractivity (Wildman–Crippen MR) is 55.9 cm³/mol. The summed E-state index contributed by atoms with van der Waals surface area (Å²) in [5.74, 6) is 0. The van der Waals surface area contributed by atoms with Crippen molar-refractivity contribution in [2.45, 2.75) is 6.92 Å². The molecule has 0 radical (unpaired) electrons. The van der Waals surface area contributed by atoms with Crippen LogP contribution in [-0.2, 0) is 4.79 Å². The maximum Gasteiger partial charge on any atom is 0.153 e. The molecular formula is C10H8Cl2O. The Bertz CT molecular complexity index is 334. The second kappa shape index (κ2) is 4.45. The third-order valence-corrected chi connectivity index (χ3v) is 2.09. The minimum absolute atomic E-state index is 0.00106. The quantitative estimate of drug-likeness (QED) is 0.546. The van der Waals surface area contributed by atoms with E-state index >= 15 is 0 Å². The summed E-state index contributed by atoms with van der Waals surface area (Å²) in [5, 5.41) is 0. The van der Waals surface area contributed by atoms with Gasteiger partial charge in [-0.15, -0.1) is 0 Å². The summed E-state index contributed by atoms with van der Waals surface area (Å²) in [6, 6.07) is 7.42. The standard InChI is InChI=1S/C10H8Cl2O/c1-7-2-4-8(5-3-7)9(6-13)10(11)12/h2-6H,1H3. The Hall–Kier alpha value is -0.790. The van der Waals surface area contributed by atoms with E-state index in [2.05, 4.69) is 0 Å². The van der Waals surface area contributed by atoms with Gasteiger partial charge in [-0.1, -0.05) is 53.0 Å². The summed E-state index contributed by atoms with van der Waals surface area (Å²) in [6.07, 6.45) is 0.653. The number of carbonyl (C=O) groups excluding carboxylic acids is 1. The Kier molecular flexibility index (Phi) is 3.52. The van der Waals surface area contributed by atoms with Gasteiger partial charge in [0.1, 0.15) is 4.49 Å². The molecule has 1 aromatic rings. The van der Waals surface area contributed by atoms with Gasteiger partial charge < -0.3 is 0 Å². The molecule has 1 nitrogen and oxygen atoms in total. The molecule has 0 amide bonds. The predicted octanol–water partition coefficient (Wildman–Crippen LogP) is 3.34. The van der Waals surface area contributed by atoms with Crippen LogP contribution < -0.4 is 0 Å². The van der Waals surface area contributed by atoms with Gasteiger partial charge in [-0.3, -0.25) is 4.79 Å². The summed E-state index contributed by atoms with van der Waals surface area (Å²) >= 11 is 11.1. The molecule has 13 heavy (non-hydrogen) atoms. The van der Waals surface area contributed by atoms with Crippen LogP contribution in [0.4, 0.5) is 0 Å². The smallest absolute Gasteiger partial charge is 0.153 e. The molecule has 3 heteroatoms. The SMILES string of the molecule is Cc1ccc(C(C=O)=C(Cl)Cl)cc1. The van der Waals surface area contributed by atoms with E-state index in [0.29, 0.717) is 11.9 Å². The maximum atomic E-state index is 10.6. The number of hydrogen-bond acceptors (Lipinski definition) is 1. The van der Waals surface area contributed by atoms with Crippen LogP contribution in [0.2, 0.25) is 0 Å². The van der Waals surface area contributed by atoms with Gasteiger partial charge in [0, 0.05) is 0 Å². The van der Waals surface area contributed by atoms with Gasteiger partial charge in [0.25, 0.3) is 0 Å². The molecule has 0 unspecified atom stereocenters. The highest BCUT2D eigenvalue weighted by molar-refractivity contribution is 6.60. The molecule has 0 aliphatic carbocycles. The molecule has 0 N–H and O–H groups in total. The van der Waals surface area contributed by atoms with Crippen LogP contribution in [0.1, 0.15) is 11.1 Å². The van der Waals surface area contributed by atoms with Gasteiger partial charge in [0.2, 0.25) is 0 Å². The normalized spacial score (nSPS) is 9.46. The minimum Gasteiger partial charge on any atom is -0.298 e. The molecule has 0 aliphatic heterocycles. The molecule has 0 saturated carbocycles. The molecule has 1 rings (SSSR count). The van der Waals surface area contributed by atoms with Crippen molar-refractivity contribution >= 4 is 35.1 Å². The van der Waals surface area contributed by atoms with Crippen molar-refractivity contribution in [1.29, 1.82) is 0 Å². The summed E-state index contributed by atoms with van der Waals surface area (Å²) in [4.78, 5) is 10.6. The Morgan fingerprint density at radius 3 is 2.15 bits per heavy atom. The average Bonchev–Trinajstić information content (AvgIpc) is 2.09. The lowest BCUT2D eigenvalue weighted by Gasteiger charge is -2.00. The second-order valence-corrected chi connectivity index (χ2v) is 3.61. The van der Waals surface area contributed by atoms with Crippen molar-refractivity contribution in [3.8, 4) is 0 Å². The van der Waals surface area contributed by atoms with E-state index in [-0.39, 0.29) is 4.49 Å². The van der Waals surface area contributed by atoms with Gasteiger partial charge in [-0.05, 0) is 12.5 Å². The number of carbonyl (C=O) groups is 1. The van der Waals surface area contributed by atoms with Gasteiger partial charge in [-0.25, -0.2) is 0 Å². The Morgan fingerprint density at radius 1 is 1.23 bits per heavy atom. The number of benzene rings is 1. The average molecular weight is 215 g/mol. The van der Waals surface area contributed by atoms with Crippen LogP contribution in [0.25, 0.3) is 5.57 Å². The maximum absolute atomic E-state index is 10.6. The Balaban J connectivity index is 3.15. The van der Waals surface area contributed by atoms with E-state index in [1.807, 2.05) is 31.2 Å². The van der Waals surface area contributed by atoms with E-state index < -0.39 is 0 Å². The van der Waals surface area contributed by atoms with Crippen LogP contribution >= 0.6 is 23.2 Å². The third kappa shape index (κ3) is 2.58.